The van der Waals surface area contributed by atoms with Crippen molar-refractivity contribution in [1.29, 1.82) is 0 Å². The highest BCUT2D eigenvalue weighted by Gasteiger charge is 2.17. The second-order valence-electron chi connectivity index (χ2n) is 5.81. The van der Waals surface area contributed by atoms with E-state index in [-0.39, 0.29) is 17.4 Å². The summed E-state index contributed by atoms with van der Waals surface area (Å²) in [6.07, 6.45) is 4.74. The summed E-state index contributed by atoms with van der Waals surface area (Å²) >= 11 is 0. The van der Waals surface area contributed by atoms with Crippen molar-refractivity contribution in [3.05, 3.63) is 64.2 Å². The zero-order valence-corrected chi connectivity index (χ0v) is 13.1. The molecule has 0 spiro atoms. The molecule has 24 heavy (non-hydrogen) atoms. The summed E-state index contributed by atoms with van der Waals surface area (Å²) in [5.74, 6) is 0.329. The molecule has 0 heterocycles. The lowest BCUT2D eigenvalue weighted by molar-refractivity contribution is -0.384. The zero-order valence-electron chi connectivity index (χ0n) is 13.1. The van der Waals surface area contributed by atoms with E-state index in [2.05, 4.69) is 5.32 Å². The number of anilines is 1. The maximum Gasteiger partial charge on any atom is 0.270 e. The summed E-state index contributed by atoms with van der Waals surface area (Å²) in [7, 11) is 0. The second kappa shape index (κ2) is 7.12. The average molecular weight is 326 g/mol. The minimum atomic E-state index is -0.521. The maximum absolute atomic E-state index is 12.3. The number of rotatable bonds is 5. The molecule has 124 valence electrons. The Bertz CT molecular complexity index is 754. The smallest absolute Gasteiger partial charge is 0.270 e. The van der Waals surface area contributed by atoms with Crippen molar-refractivity contribution in [2.24, 2.45) is 0 Å². The van der Waals surface area contributed by atoms with E-state index < -0.39 is 10.8 Å². The van der Waals surface area contributed by atoms with Crippen molar-refractivity contribution in [3.63, 3.8) is 0 Å². The number of hydrogen-bond acceptors (Lipinski definition) is 4. The van der Waals surface area contributed by atoms with Crippen molar-refractivity contribution in [1.82, 2.24) is 0 Å². The quantitative estimate of drug-likeness (QED) is 0.660. The van der Waals surface area contributed by atoms with Crippen molar-refractivity contribution >= 4 is 17.3 Å². The lowest BCUT2D eigenvalue weighted by atomic mass is 10.2. The first-order valence-electron chi connectivity index (χ1n) is 7.94. The molecule has 1 N–H and O–H groups in total. The number of carbonyl (C=O) groups is 1. The third-order valence-electron chi connectivity index (χ3n) is 4.02. The van der Waals surface area contributed by atoms with Gasteiger partial charge in [0.05, 0.1) is 11.0 Å². The number of nitro groups is 1. The number of nitro benzene ring substituents is 1. The molecule has 0 aromatic heterocycles. The monoisotopic (exact) mass is 326 g/mol. The number of amides is 1. The first-order valence-corrected chi connectivity index (χ1v) is 7.94. The molecule has 0 aliphatic heterocycles. The molecule has 0 radical (unpaired) electrons. The summed E-state index contributed by atoms with van der Waals surface area (Å²) < 4.78 is 5.91. The van der Waals surface area contributed by atoms with Crippen molar-refractivity contribution in [3.8, 4) is 5.75 Å². The topological polar surface area (TPSA) is 81.5 Å². The van der Waals surface area contributed by atoms with Gasteiger partial charge >= 0.3 is 0 Å². The van der Waals surface area contributed by atoms with E-state index in [9.17, 15) is 14.9 Å². The third-order valence-corrected chi connectivity index (χ3v) is 4.02. The number of benzene rings is 2. The molecule has 0 unspecified atom stereocenters. The Labute approximate surface area is 139 Å². The van der Waals surface area contributed by atoms with E-state index >= 15 is 0 Å². The van der Waals surface area contributed by atoms with Crippen LogP contribution in [-0.2, 0) is 0 Å². The molecular formula is C18H18N2O4. The van der Waals surface area contributed by atoms with E-state index in [0.29, 0.717) is 5.69 Å². The van der Waals surface area contributed by atoms with Crippen molar-refractivity contribution in [2.45, 2.75) is 31.8 Å². The van der Waals surface area contributed by atoms with Crippen LogP contribution in [0.15, 0.2) is 48.5 Å². The van der Waals surface area contributed by atoms with Gasteiger partial charge in [-0.15, -0.1) is 0 Å². The molecule has 1 saturated carbocycles. The summed E-state index contributed by atoms with van der Waals surface area (Å²) in [5, 5.41) is 13.5. The third kappa shape index (κ3) is 3.90. The largest absolute Gasteiger partial charge is 0.490 e. The van der Waals surface area contributed by atoms with E-state index in [0.717, 1.165) is 18.6 Å². The Morgan fingerprint density at radius 3 is 2.62 bits per heavy atom. The molecular weight excluding hydrogens is 308 g/mol. The number of carbonyl (C=O) groups excluding carboxylic acids is 1. The van der Waals surface area contributed by atoms with Gasteiger partial charge in [0.2, 0.25) is 0 Å². The fraction of sp³-hybridized carbons (Fsp3) is 0.278. The van der Waals surface area contributed by atoms with Crippen LogP contribution in [0.3, 0.4) is 0 Å². The Balaban J connectivity index is 1.69. The van der Waals surface area contributed by atoms with E-state index in [1.807, 2.05) is 12.1 Å². The van der Waals surface area contributed by atoms with Crippen molar-refractivity contribution in [2.75, 3.05) is 5.32 Å². The Hall–Kier alpha value is -2.89. The van der Waals surface area contributed by atoms with Gasteiger partial charge in [0.15, 0.2) is 0 Å². The van der Waals surface area contributed by atoms with Crippen molar-refractivity contribution < 1.29 is 14.5 Å². The van der Waals surface area contributed by atoms with Crippen LogP contribution >= 0.6 is 0 Å². The van der Waals surface area contributed by atoms with E-state index in [1.54, 1.807) is 18.2 Å². The molecule has 1 fully saturated rings. The molecule has 1 aliphatic carbocycles. The normalized spacial score (nSPS) is 14.3. The maximum atomic E-state index is 12.3. The summed E-state index contributed by atoms with van der Waals surface area (Å²) in [5.41, 5.74) is 0.731. The van der Waals surface area contributed by atoms with Gasteiger partial charge in [0, 0.05) is 29.4 Å². The molecule has 6 nitrogen and oxygen atoms in total. The number of ether oxygens (including phenoxy) is 1. The van der Waals surface area contributed by atoms with E-state index in [4.69, 9.17) is 4.74 Å². The SMILES string of the molecule is O=C(Nc1cccc(OC2CCCC2)c1)c1cccc([N+](=O)[O-])c1. The minimum absolute atomic E-state index is 0.110. The Morgan fingerprint density at radius 2 is 1.88 bits per heavy atom. The van der Waals surface area contributed by atoms with Gasteiger partial charge in [0.25, 0.3) is 11.6 Å². The van der Waals surface area contributed by atoms with Gasteiger partial charge in [-0.05, 0) is 43.9 Å². The number of nitrogens with one attached hydrogen (secondary N) is 1. The van der Waals surface area contributed by atoms with Crippen LogP contribution in [0, 0.1) is 10.1 Å². The first kappa shape index (κ1) is 16.0. The molecule has 0 atom stereocenters. The molecule has 1 aliphatic rings. The second-order valence-corrected chi connectivity index (χ2v) is 5.81. The van der Waals surface area contributed by atoms with Crippen LogP contribution in [-0.4, -0.2) is 16.9 Å². The molecule has 3 rings (SSSR count). The Kier molecular flexibility index (Phi) is 4.74. The number of hydrogen-bond donors (Lipinski definition) is 1. The molecule has 2 aromatic carbocycles. The molecule has 6 heteroatoms. The average Bonchev–Trinajstić information content (AvgIpc) is 3.08. The highest BCUT2D eigenvalue weighted by molar-refractivity contribution is 6.04. The summed E-state index contributed by atoms with van der Waals surface area (Å²) in [6, 6.07) is 12.9. The lowest BCUT2D eigenvalue weighted by Gasteiger charge is -2.14. The predicted molar refractivity (Wildman–Crippen MR) is 90.4 cm³/mol. The van der Waals surface area contributed by atoms with Crippen LogP contribution in [0.1, 0.15) is 36.0 Å². The predicted octanol–water partition coefficient (Wildman–Crippen LogP) is 4.17. The number of nitrogens with zero attached hydrogens (tertiary/aromatic N) is 1. The van der Waals surface area contributed by atoms with Crippen LogP contribution in [0.5, 0.6) is 5.75 Å². The summed E-state index contributed by atoms with van der Waals surface area (Å²) in [4.78, 5) is 22.5. The fourth-order valence-electron chi connectivity index (χ4n) is 2.81. The minimum Gasteiger partial charge on any atom is -0.490 e. The molecule has 1 amide bonds. The number of non-ortho nitro benzene ring substituents is 1. The van der Waals surface area contributed by atoms with Gasteiger partial charge in [0.1, 0.15) is 5.75 Å². The standard InChI is InChI=1S/C18H18N2O4/c21-18(13-5-3-7-15(11-13)20(22)23)19-14-6-4-10-17(12-14)24-16-8-1-2-9-16/h3-7,10-12,16H,1-2,8-9H2,(H,19,21). The van der Waals surface area contributed by atoms with Crippen LogP contribution in [0.25, 0.3) is 0 Å². The zero-order chi connectivity index (χ0) is 16.9. The molecule has 2 aromatic rings. The fourth-order valence-corrected chi connectivity index (χ4v) is 2.81. The first-order chi connectivity index (χ1) is 11.6. The van der Waals surface area contributed by atoms with Crippen LogP contribution in [0.2, 0.25) is 0 Å². The van der Waals surface area contributed by atoms with E-state index in [1.165, 1.54) is 31.0 Å². The lowest BCUT2D eigenvalue weighted by Crippen LogP contribution is -2.13. The van der Waals surface area contributed by atoms with Gasteiger partial charge in [-0.2, -0.15) is 0 Å². The molecule has 0 saturated heterocycles. The van der Waals surface area contributed by atoms with Gasteiger partial charge in [-0.1, -0.05) is 12.1 Å². The Morgan fingerprint density at radius 1 is 1.12 bits per heavy atom. The van der Waals surface area contributed by atoms with Crippen LogP contribution in [0.4, 0.5) is 11.4 Å². The van der Waals surface area contributed by atoms with Crippen LogP contribution < -0.4 is 10.1 Å². The highest BCUT2D eigenvalue weighted by atomic mass is 16.6. The van der Waals surface area contributed by atoms with Gasteiger partial charge < -0.3 is 10.1 Å². The van der Waals surface area contributed by atoms with Gasteiger partial charge in [-0.25, -0.2) is 0 Å². The highest BCUT2D eigenvalue weighted by Crippen LogP contribution is 2.26. The summed E-state index contributed by atoms with van der Waals surface area (Å²) in [6.45, 7) is 0. The van der Waals surface area contributed by atoms with Gasteiger partial charge in [-0.3, -0.25) is 14.9 Å². The molecule has 0 bridgehead atoms.